The highest BCUT2D eigenvalue weighted by Crippen LogP contribution is 2.61. The lowest BCUT2D eigenvalue weighted by Gasteiger charge is -2.42. The van der Waals surface area contributed by atoms with Gasteiger partial charge in [-0.15, -0.1) is 0 Å². The summed E-state index contributed by atoms with van der Waals surface area (Å²) < 4.78 is 24.5. The lowest BCUT2D eigenvalue weighted by molar-refractivity contribution is 0.481. The van der Waals surface area contributed by atoms with Crippen molar-refractivity contribution in [2.45, 2.75) is 12.8 Å². The lowest BCUT2D eigenvalue weighted by atomic mass is 10.1. The second-order valence-corrected chi connectivity index (χ2v) is 8.21. The van der Waals surface area contributed by atoms with Gasteiger partial charge in [-0.2, -0.15) is 5.26 Å². The molecule has 1 aromatic carbocycles. The van der Waals surface area contributed by atoms with Gasteiger partial charge >= 0.3 is 0 Å². The molecule has 0 amide bonds. The molecule has 24 heavy (non-hydrogen) atoms. The van der Waals surface area contributed by atoms with Gasteiger partial charge in [0.05, 0.1) is 11.4 Å². The summed E-state index contributed by atoms with van der Waals surface area (Å²) in [7, 11) is -1.27. The van der Waals surface area contributed by atoms with Crippen LogP contribution >= 0.6 is 11.0 Å². The van der Waals surface area contributed by atoms with Crippen LogP contribution in [-0.4, -0.2) is 27.7 Å². The number of hydrogen-bond acceptors (Lipinski definition) is 6. The molecular weight excluding hydrogens is 324 g/mol. The van der Waals surface area contributed by atoms with Crippen molar-refractivity contribution in [1.82, 2.24) is 4.98 Å². The third-order valence-corrected chi connectivity index (χ3v) is 6.45. The first-order chi connectivity index (χ1) is 11.5. The lowest BCUT2D eigenvalue weighted by Crippen LogP contribution is -2.32. The molecule has 0 radical (unpaired) electrons. The minimum absolute atomic E-state index is 0.377. The van der Waals surface area contributed by atoms with Gasteiger partial charge in [0.25, 0.3) is 0 Å². The maximum atomic E-state index is 10.6. The molecule has 0 atom stereocenters. The summed E-state index contributed by atoms with van der Waals surface area (Å²) in [6.45, 7) is 0.678. The van der Waals surface area contributed by atoms with Crippen LogP contribution < -0.4 is 8.61 Å². The predicted octanol–water partition coefficient (Wildman–Crippen LogP) is 3.87. The van der Waals surface area contributed by atoms with E-state index in [0.717, 1.165) is 35.3 Å². The summed E-state index contributed by atoms with van der Waals surface area (Å²) in [5, 5.41) is 8.85. The standard InChI is InChI=1S/C17H18N4O2S/c1-20-17-8-13(14-4-6-15(9-18)19-10-14)5-7-16(17)21(24(20,22)23)11-12-2-3-12/h4-8,10,12,22-23H,2-3,11H2,1H3. The quantitative estimate of drug-likeness (QED) is 0.881. The van der Waals surface area contributed by atoms with Crippen LogP contribution in [0.5, 0.6) is 0 Å². The smallest absolute Gasteiger partial charge is 0.140 e. The molecule has 7 heteroatoms. The van der Waals surface area contributed by atoms with E-state index in [-0.39, 0.29) is 0 Å². The summed E-state index contributed by atoms with van der Waals surface area (Å²) in [6.07, 6.45) is 3.97. The molecule has 0 bridgehead atoms. The Hall–Kier alpha value is -2.27. The fraction of sp³-hybridized carbons (Fsp3) is 0.294. The van der Waals surface area contributed by atoms with Crippen LogP contribution in [0.25, 0.3) is 11.1 Å². The maximum absolute atomic E-state index is 10.6. The van der Waals surface area contributed by atoms with E-state index in [0.29, 0.717) is 18.2 Å². The van der Waals surface area contributed by atoms with E-state index < -0.39 is 11.0 Å². The molecule has 0 spiro atoms. The molecular formula is C17H18N4O2S. The molecule has 1 aliphatic carbocycles. The first-order valence-corrected chi connectivity index (χ1v) is 9.27. The van der Waals surface area contributed by atoms with Crippen molar-refractivity contribution in [2.75, 3.05) is 22.2 Å². The van der Waals surface area contributed by atoms with E-state index >= 15 is 0 Å². The highest BCUT2D eigenvalue weighted by atomic mass is 32.3. The van der Waals surface area contributed by atoms with E-state index in [1.807, 2.05) is 30.3 Å². The Balaban J connectivity index is 1.72. The zero-order chi connectivity index (χ0) is 16.9. The van der Waals surface area contributed by atoms with E-state index in [1.165, 1.54) is 0 Å². The van der Waals surface area contributed by atoms with Crippen molar-refractivity contribution in [2.24, 2.45) is 5.92 Å². The summed E-state index contributed by atoms with van der Waals surface area (Å²) in [5.41, 5.74) is 3.86. The number of hydrogen-bond donors (Lipinski definition) is 2. The number of rotatable bonds is 3. The Kier molecular flexibility index (Phi) is 3.42. The van der Waals surface area contributed by atoms with Crippen molar-refractivity contribution in [3.63, 3.8) is 0 Å². The molecule has 0 saturated heterocycles. The average Bonchev–Trinajstić information content (AvgIpc) is 3.40. The van der Waals surface area contributed by atoms with Crippen LogP contribution in [0.4, 0.5) is 11.4 Å². The molecule has 6 nitrogen and oxygen atoms in total. The molecule has 2 aliphatic rings. The zero-order valence-corrected chi connectivity index (χ0v) is 14.1. The monoisotopic (exact) mass is 342 g/mol. The van der Waals surface area contributed by atoms with E-state index in [1.54, 1.807) is 27.9 Å². The second-order valence-electron chi connectivity index (χ2n) is 6.24. The van der Waals surface area contributed by atoms with Gasteiger partial charge in [-0.3, -0.25) is 17.7 Å². The molecule has 1 aliphatic heterocycles. The minimum atomic E-state index is -2.98. The number of nitrogens with zero attached hydrogens (tertiary/aromatic N) is 4. The van der Waals surface area contributed by atoms with Gasteiger partial charge in [0, 0.05) is 25.4 Å². The highest BCUT2D eigenvalue weighted by Gasteiger charge is 2.41. The van der Waals surface area contributed by atoms with Gasteiger partial charge in [-0.05, 0) is 59.6 Å². The van der Waals surface area contributed by atoms with Crippen LogP contribution in [0.3, 0.4) is 0 Å². The third-order valence-electron chi connectivity index (χ3n) is 4.58. The Morgan fingerprint density at radius 2 is 1.96 bits per heavy atom. The first-order valence-electron chi connectivity index (χ1n) is 7.81. The average molecular weight is 342 g/mol. The number of fused-ring (bicyclic) bond motifs is 1. The fourth-order valence-electron chi connectivity index (χ4n) is 2.94. The first kappa shape index (κ1) is 15.3. The molecule has 2 heterocycles. The number of anilines is 2. The summed E-state index contributed by atoms with van der Waals surface area (Å²) in [5.74, 6) is 0.554. The van der Waals surface area contributed by atoms with E-state index in [9.17, 15) is 9.11 Å². The van der Waals surface area contributed by atoms with Gasteiger partial charge in [0.15, 0.2) is 0 Å². The third kappa shape index (κ3) is 2.40. The van der Waals surface area contributed by atoms with E-state index in [2.05, 4.69) is 4.98 Å². The number of benzene rings is 1. The topological polar surface area (TPSA) is 83.6 Å². The minimum Gasteiger partial charge on any atom is -0.264 e. The Morgan fingerprint density at radius 3 is 2.58 bits per heavy atom. The van der Waals surface area contributed by atoms with Crippen molar-refractivity contribution in [1.29, 1.82) is 5.26 Å². The van der Waals surface area contributed by atoms with Gasteiger partial charge in [0.1, 0.15) is 11.8 Å². The van der Waals surface area contributed by atoms with Gasteiger partial charge in [-0.25, -0.2) is 4.98 Å². The summed E-state index contributed by atoms with van der Waals surface area (Å²) >= 11 is 0. The van der Waals surface area contributed by atoms with Crippen molar-refractivity contribution < 1.29 is 9.11 Å². The Labute approximate surface area is 142 Å². The Bertz CT molecular complexity index is 827. The number of pyridine rings is 1. The number of nitriles is 1. The normalized spacial score (nSPS) is 19.8. The van der Waals surface area contributed by atoms with Gasteiger partial charge < -0.3 is 0 Å². The summed E-state index contributed by atoms with van der Waals surface area (Å²) in [6, 6.07) is 11.4. The van der Waals surface area contributed by atoms with Crippen molar-refractivity contribution in [3.05, 3.63) is 42.2 Å². The molecule has 0 unspecified atom stereocenters. The molecule has 1 fully saturated rings. The van der Waals surface area contributed by atoms with Gasteiger partial charge in [0.2, 0.25) is 0 Å². The molecule has 2 N–H and O–H groups in total. The SMILES string of the molecule is CN1c2cc(-c3ccc(C#N)nc3)ccc2N(CC2CC2)S1(O)O. The van der Waals surface area contributed by atoms with Crippen LogP contribution in [0.15, 0.2) is 36.5 Å². The highest BCUT2D eigenvalue weighted by molar-refractivity contribution is 8.26. The number of aromatic nitrogens is 1. The fourth-order valence-corrected chi connectivity index (χ4v) is 4.48. The summed E-state index contributed by atoms with van der Waals surface area (Å²) in [4.78, 5) is 4.10. The second kappa shape index (κ2) is 5.38. The maximum Gasteiger partial charge on any atom is 0.140 e. The molecule has 4 rings (SSSR count). The molecule has 124 valence electrons. The van der Waals surface area contributed by atoms with E-state index in [4.69, 9.17) is 5.26 Å². The van der Waals surface area contributed by atoms with Crippen LogP contribution in [-0.2, 0) is 0 Å². The molecule has 1 aromatic heterocycles. The largest absolute Gasteiger partial charge is 0.264 e. The van der Waals surface area contributed by atoms with Crippen molar-refractivity contribution >= 4 is 22.3 Å². The van der Waals surface area contributed by atoms with Crippen molar-refractivity contribution in [3.8, 4) is 17.2 Å². The molecule has 1 saturated carbocycles. The zero-order valence-electron chi connectivity index (χ0n) is 13.3. The van der Waals surface area contributed by atoms with Crippen LogP contribution in [0.2, 0.25) is 0 Å². The molecule has 2 aromatic rings. The Morgan fingerprint density at radius 1 is 1.21 bits per heavy atom. The van der Waals surface area contributed by atoms with Crippen LogP contribution in [0, 0.1) is 17.2 Å². The van der Waals surface area contributed by atoms with Crippen LogP contribution in [0.1, 0.15) is 18.5 Å². The predicted molar refractivity (Wildman–Crippen MR) is 95.7 cm³/mol. The van der Waals surface area contributed by atoms with Gasteiger partial charge in [-0.1, -0.05) is 6.07 Å².